The molecule has 0 bridgehead atoms. The van der Waals surface area contributed by atoms with Crippen LogP contribution in [0.15, 0.2) is 52.1 Å². The maximum absolute atomic E-state index is 12.6. The Balaban J connectivity index is 1.44. The Labute approximate surface area is 215 Å². The van der Waals surface area contributed by atoms with Crippen molar-refractivity contribution in [2.24, 2.45) is 10.1 Å². The van der Waals surface area contributed by atoms with Crippen LogP contribution in [-0.2, 0) is 4.79 Å². The number of ether oxygens (including phenoxy) is 3. The molecule has 2 heterocycles. The molecule has 2 aliphatic rings. The van der Waals surface area contributed by atoms with Crippen LogP contribution in [0.4, 0.5) is 0 Å². The van der Waals surface area contributed by atoms with Crippen LogP contribution >= 0.6 is 11.8 Å². The van der Waals surface area contributed by atoms with E-state index in [9.17, 15) is 4.79 Å². The summed E-state index contributed by atoms with van der Waals surface area (Å²) in [6.07, 6.45) is 2.34. The van der Waals surface area contributed by atoms with Crippen molar-refractivity contribution in [3.05, 3.63) is 58.7 Å². The number of carbonyl (C=O) groups excluding carboxylic acids is 1. The molecule has 8 nitrogen and oxygen atoms in total. The molecule has 1 N–H and O–H groups in total. The number of fused-ring (bicyclic) bond motifs is 1. The molecule has 2 aliphatic heterocycles. The van der Waals surface area contributed by atoms with Crippen molar-refractivity contribution in [3.8, 4) is 17.2 Å². The average molecular weight is 507 g/mol. The fraction of sp³-hybridized carbons (Fsp3) is 0.333. The third-order valence-electron chi connectivity index (χ3n) is 5.69. The minimum atomic E-state index is -0.459. The zero-order valence-electron chi connectivity index (χ0n) is 21.1. The standard InChI is InChI=1S/C27H30N4O4S/c1-6-24-30-31-25(28)20(26(32)29-27(31)36-24)14-18-8-10-21(23(15-18)33-5)34-11-12-35-22-13-17(4)7-9-19(22)16(2)3/h7-10,13-16,28H,6,11-12H2,1-5H3. The average Bonchev–Trinajstić information content (AvgIpc) is 3.28. The van der Waals surface area contributed by atoms with E-state index in [-0.39, 0.29) is 11.4 Å². The van der Waals surface area contributed by atoms with E-state index >= 15 is 0 Å². The van der Waals surface area contributed by atoms with Crippen LogP contribution in [0.5, 0.6) is 17.2 Å². The number of amides is 1. The summed E-state index contributed by atoms with van der Waals surface area (Å²) in [6, 6.07) is 11.6. The molecule has 0 atom stereocenters. The second kappa shape index (κ2) is 11.0. The molecule has 0 aromatic heterocycles. The number of aryl methyl sites for hydroxylation is 1. The molecule has 2 aromatic rings. The van der Waals surface area contributed by atoms with Crippen LogP contribution < -0.4 is 14.2 Å². The largest absolute Gasteiger partial charge is 0.493 e. The van der Waals surface area contributed by atoms with Gasteiger partial charge in [0.15, 0.2) is 17.3 Å². The molecule has 0 fully saturated rings. The van der Waals surface area contributed by atoms with Crippen LogP contribution in [0.2, 0.25) is 0 Å². The minimum absolute atomic E-state index is 0.00862. The summed E-state index contributed by atoms with van der Waals surface area (Å²) in [5.41, 5.74) is 3.17. The van der Waals surface area contributed by atoms with E-state index < -0.39 is 5.91 Å². The zero-order chi connectivity index (χ0) is 25.8. The molecule has 36 heavy (non-hydrogen) atoms. The monoisotopic (exact) mass is 506 g/mol. The van der Waals surface area contributed by atoms with E-state index in [1.54, 1.807) is 25.3 Å². The summed E-state index contributed by atoms with van der Waals surface area (Å²) < 4.78 is 17.4. The Bertz CT molecular complexity index is 1280. The number of methoxy groups -OCH3 is 1. The molecule has 0 unspecified atom stereocenters. The van der Waals surface area contributed by atoms with Crippen LogP contribution in [0, 0.1) is 12.3 Å². The van der Waals surface area contributed by atoms with Crippen LogP contribution in [0.1, 0.15) is 49.8 Å². The lowest BCUT2D eigenvalue weighted by molar-refractivity contribution is -0.114. The lowest BCUT2D eigenvalue weighted by Gasteiger charge is -2.20. The van der Waals surface area contributed by atoms with Gasteiger partial charge in [0, 0.05) is 0 Å². The highest BCUT2D eigenvalue weighted by Crippen LogP contribution is 2.32. The summed E-state index contributed by atoms with van der Waals surface area (Å²) in [6.45, 7) is 9.03. The smallest absolute Gasteiger partial charge is 0.283 e. The van der Waals surface area contributed by atoms with Crippen molar-refractivity contribution in [2.45, 2.75) is 40.0 Å². The van der Waals surface area contributed by atoms with Gasteiger partial charge >= 0.3 is 0 Å². The fourth-order valence-electron chi connectivity index (χ4n) is 3.78. The number of hydrazone groups is 1. The Kier molecular flexibility index (Phi) is 7.79. The van der Waals surface area contributed by atoms with E-state index in [4.69, 9.17) is 19.6 Å². The first kappa shape index (κ1) is 25.5. The van der Waals surface area contributed by atoms with Crippen molar-refractivity contribution in [1.82, 2.24) is 5.01 Å². The molecule has 2 aromatic carbocycles. The molecule has 188 valence electrons. The second-order valence-electron chi connectivity index (χ2n) is 8.67. The lowest BCUT2D eigenvalue weighted by Crippen LogP contribution is -2.35. The molecule has 1 amide bonds. The van der Waals surface area contributed by atoms with E-state index in [0.717, 1.165) is 16.4 Å². The van der Waals surface area contributed by atoms with Gasteiger partial charge in [-0.3, -0.25) is 10.2 Å². The molecule has 9 heteroatoms. The summed E-state index contributed by atoms with van der Waals surface area (Å²) in [5.74, 6) is 1.87. The van der Waals surface area contributed by atoms with Crippen molar-refractivity contribution >= 4 is 39.8 Å². The van der Waals surface area contributed by atoms with Crippen molar-refractivity contribution < 1.29 is 19.0 Å². The third-order valence-corrected chi connectivity index (χ3v) is 6.74. The number of carbonyl (C=O) groups is 1. The third kappa shape index (κ3) is 5.46. The second-order valence-corrected chi connectivity index (χ2v) is 9.71. The van der Waals surface area contributed by atoms with Gasteiger partial charge in [-0.15, -0.1) is 0 Å². The van der Waals surface area contributed by atoms with Crippen molar-refractivity contribution in [1.29, 1.82) is 5.41 Å². The first-order chi connectivity index (χ1) is 17.3. The highest BCUT2D eigenvalue weighted by Gasteiger charge is 2.35. The van der Waals surface area contributed by atoms with Crippen molar-refractivity contribution in [2.75, 3.05) is 20.3 Å². The number of amidine groups is 2. The number of thioether (sulfide) groups is 1. The number of rotatable bonds is 9. The van der Waals surface area contributed by atoms with E-state index in [2.05, 4.69) is 36.1 Å². The van der Waals surface area contributed by atoms with Crippen LogP contribution in [-0.4, -0.2) is 47.3 Å². The zero-order valence-corrected chi connectivity index (χ0v) is 21.9. The number of benzene rings is 2. The quantitative estimate of drug-likeness (QED) is 0.351. The van der Waals surface area contributed by atoms with E-state index in [1.807, 2.05) is 26.0 Å². The normalized spacial score (nSPS) is 16.3. The molecule has 0 saturated carbocycles. The lowest BCUT2D eigenvalue weighted by atomic mass is 10.0. The molecule has 4 rings (SSSR count). The SMILES string of the molecule is CCC1=NN2C(=N)C(=Cc3ccc(OCCOc4cc(C)ccc4C(C)C)c(OC)c3)C(=O)N=C2S1. The van der Waals surface area contributed by atoms with Gasteiger partial charge in [-0.25, -0.2) is 0 Å². The first-order valence-corrected chi connectivity index (χ1v) is 12.7. The highest BCUT2D eigenvalue weighted by molar-refractivity contribution is 8.26. The van der Waals surface area contributed by atoms with Gasteiger partial charge in [0.05, 0.1) is 12.7 Å². The number of nitrogens with zero attached hydrogens (tertiary/aromatic N) is 3. The Morgan fingerprint density at radius 2 is 1.83 bits per heavy atom. The summed E-state index contributed by atoms with van der Waals surface area (Å²) in [5, 5.41) is 15.5. The number of aliphatic imine (C=N–C) groups is 1. The van der Waals surface area contributed by atoms with Gasteiger partial charge in [0.1, 0.15) is 24.0 Å². The summed E-state index contributed by atoms with van der Waals surface area (Å²) in [7, 11) is 1.56. The fourth-order valence-corrected chi connectivity index (χ4v) is 4.61. The minimum Gasteiger partial charge on any atom is -0.493 e. The van der Waals surface area contributed by atoms with Crippen LogP contribution in [0.3, 0.4) is 0 Å². The number of hydrogen-bond donors (Lipinski definition) is 1. The van der Waals surface area contributed by atoms with Gasteiger partial charge in [0.25, 0.3) is 5.91 Å². The number of nitrogens with one attached hydrogen (secondary N) is 1. The first-order valence-electron chi connectivity index (χ1n) is 11.8. The van der Waals surface area contributed by atoms with E-state index in [0.29, 0.717) is 47.8 Å². The Hall–Kier alpha value is -3.59. The number of hydrogen-bond acceptors (Lipinski definition) is 7. The maximum Gasteiger partial charge on any atom is 0.283 e. The maximum atomic E-state index is 12.6. The van der Waals surface area contributed by atoms with Gasteiger partial charge < -0.3 is 14.2 Å². The van der Waals surface area contributed by atoms with Gasteiger partial charge in [-0.05, 0) is 72.0 Å². The molecule has 0 saturated heterocycles. The van der Waals surface area contributed by atoms with Crippen LogP contribution in [0.25, 0.3) is 6.08 Å². The predicted molar refractivity (Wildman–Crippen MR) is 145 cm³/mol. The highest BCUT2D eigenvalue weighted by atomic mass is 32.2. The molecule has 0 aliphatic carbocycles. The summed E-state index contributed by atoms with van der Waals surface area (Å²) >= 11 is 1.32. The van der Waals surface area contributed by atoms with Gasteiger partial charge in [0.2, 0.25) is 5.17 Å². The Morgan fingerprint density at radius 1 is 1.08 bits per heavy atom. The molecular weight excluding hydrogens is 476 g/mol. The summed E-state index contributed by atoms with van der Waals surface area (Å²) in [4.78, 5) is 16.7. The molecule has 0 spiro atoms. The van der Waals surface area contributed by atoms with Gasteiger partial charge in [-0.2, -0.15) is 15.1 Å². The Morgan fingerprint density at radius 3 is 2.53 bits per heavy atom. The topological polar surface area (TPSA) is 96.6 Å². The molecular formula is C27H30N4O4S. The predicted octanol–water partition coefficient (Wildman–Crippen LogP) is 5.61. The van der Waals surface area contributed by atoms with E-state index in [1.165, 1.54) is 22.3 Å². The van der Waals surface area contributed by atoms with Gasteiger partial charge in [-0.1, -0.05) is 39.0 Å². The van der Waals surface area contributed by atoms with Crippen molar-refractivity contribution in [3.63, 3.8) is 0 Å². The molecule has 0 radical (unpaired) electrons.